The van der Waals surface area contributed by atoms with E-state index in [1.54, 1.807) is 6.20 Å². The van der Waals surface area contributed by atoms with Gasteiger partial charge in [0.2, 0.25) is 0 Å². The number of nitrogens with zero attached hydrogens (tertiary/aromatic N) is 3. The van der Waals surface area contributed by atoms with E-state index < -0.39 is 17.2 Å². The molecule has 1 N–H and O–H groups in total. The van der Waals surface area contributed by atoms with Crippen LogP contribution < -0.4 is 5.32 Å². The average Bonchev–Trinajstić information content (AvgIpc) is 2.84. The zero-order valence-electron chi connectivity index (χ0n) is 20.7. The van der Waals surface area contributed by atoms with Crippen LogP contribution in [0.1, 0.15) is 51.3 Å². The van der Waals surface area contributed by atoms with Crippen LogP contribution in [-0.4, -0.2) is 21.7 Å². The van der Waals surface area contributed by atoms with Gasteiger partial charge in [0.15, 0.2) is 0 Å². The molecule has 1 aliphatic rings. The van der Waals surface area contributed by atoms with Crippen molar-refractivity contribution in [3.05, 3.63) is 84.2 Å². The predicted molar refractivity (Wildman–Crippen MR) is 140 cm³/mol. The van der Waals surface area contributed by atoms with Crippen LogP contribution in [0.15, 0.2) is 72.9 Å². The normalized spacial score (nSPS) is 14.5. The summed E-state index contributed by atoms with van der Waals surface area (Å²) in [4.78, 5) is 21.7. The second-order valence-corrected chi connectivity index (χ2v) is 10.2. The Bertz CT molecular complexity index is 1460. The lowest BCUT2D eigenvalue weighted by Gasteiger charge is -2.43. The van der Waals surface area contributed by atoms with E-state index in [4.69, 9.17) is 9.72 Å². The van der Waals surface area contributed by atoms with E-state index in [0.29, 0.717) is 5.69 Å². The summed E-state index contributed by atoms with van der Waals surface area (Å²) in [7, 11) is 0. The van der Waals surface area contributed by atoms with Gasteiger partial charge in [-0.05, 0) is 63.3 Å². The van der Waals surface area contributed by atoms with Gasteiger partial charge in [-0.25, -0.2) is 14.8 Å². The first-order valence-electron chi connectivity index (χ1n) is 12.2. The van der Waals surface area contributed by atoms with Crippen LogP contribution in [0.5, 0.6) is 0 Å². The Morgan fingerprint density at radius 3 is 2.36 bits per heavy atom. The van der Waals surface area contributed by atoms with Gasteiger partial charge in [0.25, 0.3) is 0 Å². The maximum Gasteiger partial charge on any atom is 0.408 e. The number of hydrogen-bond donors (Lipinski definition) is 1. The van der Waals surface area contributed by atoms with Crippen LogP contribution in [0.25, 0.3) is 33.3 Å². The minimum atomic E-state index is -0.546. The molecular weight excluding hydrogens is 448 g/mol. The summed E-state index contributed by atoms with van der Waals surface area (Å²) in [6.07, 6.45) is 4.02. The molecule has 1 saturated carbocycles. The molecule has 0 radical (unpaired) electrons. The Labute approximate surface area is 211 Å². The number of alkyl carbamates (subject to hydrolysis) is 1. The summed E-state index contributed by atoms with van der Waals surface area (Å²) in [6, 6.07) is 24.3. The zero-order chi connectivity index (χ0) is 25.3. The maximum atomic E-state index is 12.5. The van der Waals surface area contributed by atoms with Crippen LogP contribution in [0.4, 0.5) is 4.79 Å². The highest BCUT2D eigenvalue weighted by Crippen LogP contribution is 2.42. The number of aromatic nitrogens is 2. The molecule has 4 aromatic rings. The fourth-order valence-corrected chi connectivity index (χ4v) is 4.71. The molecule has 1 aliphatic carbocycles. The Morgan fingerprint density at radius 1 is 1.03 bits per heavy atom. The van der Waals surface area contributed by atoms with Gasteiger partial charge in [0, 0.05) is 22.7 Å². The highest BCUT2D eigenvalue weighted by molar-refractivity contribution is 5.93. The number of carbonyl (C=O) groups excluding carboxylic acids is 1. The molecule has 180 valence electrons. The van der Waals surface area contributed by atoms with Crippen molar-refractivity contribution < 1.29 is 9.53 Å². The molecule has 2 aromatic carbocycles. The minimum Gasteiger partial charge on any atom is -0.444 e. The van der Waals surface area contributed by atoms with Crippen LogP contribution in [0.2, 0.25) is 0 Å². The molecule has 1 fully saturated rings. The standard InChI is InChI=1S/C30H28N4O2/c1-29(2,3)36-28(35)34-30(15-7-16-30)22-12-10-21(11-13-22)27-23(20-8-5-4-6-9-20)18-24-25(33-27)14-17-32-26(24)19-31/h4-6,8-14,17-18H,7,15-16H2,1-3H3,(H,34,35). The van der Waals surface area contributed by atoms with Crippen LogP contribution in [-0.2, 0) is 10.3 Å². The second-order valence-electron chi connectivity index (χ2n) is 10.2. The number of nitrogens with one attached hydrogen (secondary N) is 1. The van der Waals surface area contributed by atoms with E-state index in [2.05, 4.69) is 40.6 Å². The summed E-state index contributed by atoms with van der Waals surface area (Å²) in [6.45, 7) is 5.60. The van der Waals surface area contributed by atoms with Crippen molar-refractivity contribution in [1.82, 2.24) is 15.3 Å². The van der Waals surface area contributed by atoms with Gasteiger partial charge in [-0.1, -0.05) is 54.6 Å². The summed E-state index contributed by atoms with van der Waals surface area (Å²) in [5.74, 6) is 0. The number of nitriles is 1. The smallest absolute Gasteiger partial charge is 0.408 e. The van der Waals surface area contributed by atoms with E-state index >= 15 is 0 Å². The molecular formula is C30H28N4O2. The Balaban J connectivity index is 1.55. The molecule has 0 atom stereocenters. The van der Waals surface area contributed by atoms with Crippen molar-refractivity contribution >= 4 is 17.0 Å². The molecule has 1 amide bonds. The molecule has 0 saturated heterocycles. The van der Waals surface area contributed by atoms with Gasteiger partial charge < -0.3 is 10.1 Å². The average molecular weight is 477 g/mol. The van der Waals surface area contributed by atoms with Gasteiger partial charge >= 0.3 is 6.09 Å². The number of amides is 1. The van der Waals surface area contributed by atoms with E-state index in [9.17, 15) is 10.1 Å². The van der Waals surface area contributed by atoms with Gasteiger partial charge in [-0.3, -0.25) is 0 Å². The zero-order valence-corrected chi connectivity index (χ0v) is 20.7. The van der Waals surface area contributed by atoms with Gasteiger partial charge in [0.05, 0.1) is 16.7 Å². The van der Waals surface area contributed by atoms with Crippen LogP contribution >= 0.6 is 0 Å². The number of hydrogen-bond acceptors (Lipinski definition) is 5. The second kappa shape index (κ2) is 9.09. The lowest BCUT2D eigenvalue weighted by Crippen LogP contribution is -2.52. The topological polar surface area (TPSA) is 87.9 Å². The van der Waals surface area contributed by atoms with Gasteiger partial charge in [-0.2, -0.15) is 5.26 Å². The molecule has 6 nitrogen and oxygen atoms in total. The van der Waals surface area contributed by atoms with E-state index in [1.165, 1.54) is 0 Å². The molecule has 5 rings (SSSR count). The van der Waals surface area contributed by atoms with Crippen LogP contribution in [0.3, 0.4) is 0 Å². The predicted octanol–water partition coefficient (Wildman–Crippen LogP) is 6.74. The van der Waals surface area contributed by atoms with E-state index in [0.717, 1.165) is 58.1 Å². The third-order valence-corrected chi connectivity index (χ3v) is 6.59. The van der Waals surface area contributed by atoms with Crippen molar-refractivity contribution in [2.24, 2.45) is 0 Å². The summed E-state index contributed by atoms with van der Waals surface area (Å²) < 4.78 is 5.52. The summed E-state index contributed by atoms with van der Waals surface area (Å²) >= 11 is 0. The molecule has 2 heterocycles. The number of benzene rings is 2. The Hall–Kier alpha value is -4.24. The number of fused-ring (bicyclic) bond motifs is 1. The van der Waals surface area contributed by atoms with Crippen molar-refractivity contribution in [2.75, 3.05) is 0 Å². The largest absolute Gasteiger partial charge is 0.444 e. The molecule has 36 heavy (non-hydrogen) atoms. The third kappa shape index (κ3) is 4.52. The third-order valence-electron chi connectivity index (χ3n) is 6.59. The highest BCUT2D eigenvalue weighted by atomic mass is 16.6. The minimum absolute atomic E-state index is 0.360. The quantitative estimate of drug-likeness (QED) is 0.352. The lowest BCUT2D eigenvalue weighted by atomic mass is 9.71. The molecule has 0 bridgehead atoms. The summed E-state index contributed by atoms with van der Waals surface area (Å²) in [5, 5.41) is 13.4. The molecule has 0 unspecified atom stereocenters. The first kappa shape index (κ1) is 23.5. The van der Waals surface area contributed by atoms with E-state index in [-0.39, 0.29) is 0 Å². The SMILES string of the molecule is CC(C)(C)OC(=O)NC1(c2ccc(-c3nc4ccnc(C#N)c4cc3-c3ccccc3)cc2)CCC1. The number of rotatable bonds is 4. The fourth-order valence-electron chi connectivity index (χ4n) is 4.71. The van der Waals surface area contributed by atoms with Crippen molar-refractivity contribution in [3.63, 3.8) is 0 Å². The first-order valence-corrected chi connectivity index (χ1v) is 12.2. The van der Waals surface area contributed by atoms with E-state index in [1.807, 2.05) is 63.2 Å². The monoisotopic (exact) mass is 476 g/mol. The van der Waals surface area contributed by atoms with Crippen molar-refractivity contribution in [2.45, 2.75) is 51.2 Å². The number of ether oxygens (including phenoxy) is 1. The maximum absolute atomic E-state index is 12.5. The summed E-state index contributed by atoms with van der Waals surface area (Å²) in [5.41, 5.74) is 4.93. The number of carbonyl (C=O) groups is 1. The first-order chi connectivity index (χ1) is 17.3. The molecule has 0 spiro atoms. The van der Waals surface area contributed by atoms with Crippen LogP contribution in [0, 0.1) is 11.3 Å². The Kier molecular flexibility index (Phi) is 5.93. The number of pyridine rings is 2. The lowest BCUT2D eigenvalue weighted by molar-refractivity contribution is 0.0377. The molecule has 2 aromatic heterocycles. The van der Waals surface area contributed by atoms with Crippen molar-refractivity contribution in [1.29, 1.82) is 5.26 Å². The van der Waals surface area contributed by atoms with Gasteiger partial charge in [0.1, 0.15) is 17.4 Å². The van der Waals surface area contributed by atoms with Gasteiger partial charge in [-0.15, -0.1) is 0 Å². The molecule has 0 aliphatic heterocycles. The Morgan fingerprint density at radius 2 is 1.75 bits per heavy atom. The fraction of sp³-hybridized carbons (Fsp3) is 0.267. The highest BCUT2D eigenvalue weighted by Gasteiger charge is 2.41. The molecule has 6 heteroatoms. The van der Waals surface area contributed by atoms with Crippen molar-refractivity contribution in [3.8, 4) is 28.5 Å².